The van der Waals surface area contributed by atoms with E-state index in [0.717, 1.165) is 24.6 Å². The zero-order valence-corrected chi connectivity index (χ0v) is 10.1. The zero-order valence-electron chi connectivity index (χ0n) is 10.1. The SMILES string of the molecule is CCN(CC(=O)c1ccn(C)c1)CC1CC1. The van der Waals surface area contributed by atoms with Crippen LogP contribution in [0.3, 0.4) is 0 Å². The fraction of sp³-hybridized carbons (Fsp3) is 0.615. The first-order valence-electron chi connectivity index (χ1n) is 6.06. The summed E-state index contributed by atoms with van der Waals surface area (Å²) in [7, 11) is 1.94. The maximum absolute atomic E-state index is 12.0. The lowest BCUT2D eigenvalue weighted by atomic mass is 10.2. The molecule has 1 aliphatic carbocycles. The first kappa shape index (κ1) is 11.4. The molecule has 1 saturated carbocycles. The summed E-state index contributed by atoms with van der Waals surface area (Å²) in [5, 5.41) is 0. The van der Waals surface area contributed by atoms with E-state index in [1.807, 2.05) is 30.1 Å². The second kappa shape index (κ2) is 4.83. The Morgan fingerprint density at radius 3 is 2.81 bits per heavy atom. The van der Waals surface area contributed by atoms with Gasteiger partial charge in [0.2, 0.25) is 0 Å². The van der Waals surface area contributed by atoms with Crippen molar-refractivity contribution in [2.45, 2.75) is 19.8 Å². The molecule has 1 fully saturated rings. The van der Waals surface area contributed by atoms with Gasteiger partial charge in [0, 0.05) is 31.5 Å². The third-order valence-electron chi connectivity index (χ3n) is 3.18. The Morgan fingerprint density at radius 1 is 1.56 bits per heavy atom. The first-order valence-corrected chi connectivity index (χ1v) is 6.06. The number of carbonyl (C=O) groups is 1. The molecule has 0 N–H and O–H groups in total. The normalized spacial score (nSPS) is 15.7. The summed E-state index contributed by atoms with van der Waals surface area (Å²) < 4.78 is 1.92. The van der Waals surface area contributed by atoms with Crippen LogP contribution in [0, 0.1) is 5.92 Å². The summed E-state index contributed by atoms with van der Waals surface area (Å²) in [6, 6.07) is 1.90. The number of aryl methyl sites for hydroxylation is 1. The Balaban J connectivity index is 1.89. The van der Waals surface area contributed by atoms with E-state index in [1.54, 1.807) is 0 Å². The summed E-state index contributed by atoms with van der Waals surface area (Å²) in [6.45, 7) is 4.75. The Hall–Kier alpha value is -1.09. The van der Waals surface area contributed by atoms with Gasteiger partial charge in [-0.25, -0.2) is 0 Å². The van der Waals surface area contributed by atoms with Gasteiger partial charge in [0.15, 0.2) is 5.78 Å². The van der Waals surface area contributed by atoms with Crippen molar-refractivity contribution in [2.75, 3.05) is 19.6 Å². The monoisotopic (exact) mass is 220 g/mol. The van der Waals surface area contributed by atoms with Gasteiger partial charge in [-0.1, -0.05) is 6.92 Å². The number of carbonyl (C=O) groups excluding carboxylic acids is 1. The van der Waals surface area contributed by atoms with Crippen LogP contribution < -0.4 is 0 Å². The Bertz CT molecular complexity index is 366. The van der Waals surface area contributed by atoms with E-state index in [-0.39, 0.29) is 5.78 Å². The summed E-state index contributed by atoms with van der Waals surface area (Å²) in [5.41, 5.74) is 0.830. The second-order valence-electron chi connectivity index (χ2n) is 4.76. The van der Waals surface area contributed by atoms with Gasteiger partial charge in [-0.15, -0.1) is 0 Å². The van der Waals surface area contributed by atoms with Gasteiger partial charge in [-0.05, 0) is 31.4 Å². The molecule has 0 aliphatic heterocycles. The largest absolute Gasteiger partial charge is 0.357 e. The lowest BCUT2D eigenvalue weighted by molar-refractivity contribution is 0.0931. The van der Waals surface area contributed by atoms with Crippen LogP contribution in [0.15, 0.2) is 18.5 Å². The highest BCUT2D eigenvalue weighted by Crippen LogP contribution is 2.29. The minimum atomic E-state index is 0.239. The van der Waals surface area contributed by atoms with Crippen molar-refractivity contribution < 1.29 is 4.79 Å². The lowest BCUT2D eigenvalue weighted by Crippen LogP contribution is -2.31. The number of likely N-dealkylation sites (N-methyl/N-ethyl adjacent to an activating group) is 1. The number of hydrogen-bond acceptors (Lipinski definition) is 2. The molecule has 1 heterocycles. The predicted molar refractivity (Wildman–Crippen MR) is 64.6 cm³/mol. The highest BCUT2D eigenvalue weighted by atomic mass is 16.1. The highest BCUT2D eigenvalue weighted by Gasteiger charge is 2.24. The van der Waals surface area contributed by atoms with Crippen molar-refractivity contribution in [2.24, 2.45) is 13.0 Å². The number of nitrogens with zero attached hydrogens (tertiary/aromatic N) is 2. The molecule has 0 bridgehead atoms. The van der Waals surface area contributed by atoms with Gasteiger partial charge in [-0.3, -0.25) is 9.69 Å². The van der Waals surface area contributed by atoms with Gasteiger partial charge < -0.3 is 4.57 Å². The molecule has 0 saturated heterocycles. The van der Waals surface area contributed by atoms with Crippen LogP contribution in [0.25, 0.3) is 0 Å². The van der Waals surface area contributed by atoms with Crippen LogP contribution in [-0.2, 0) is 7.05 Å². The van der Waals surface area contributed by atoms with Crippen molar-refractivity contribution in [1.82, 2.24) is 9.47 Å². The standard InChI is InChI=1S/C13H20N2O/c1-3-15(8-11-4-5-11)10-13(16)12-6-7-14(2)9-12/h6-7,9,11H,3-5,8,10H2,1-2H3. The molecule has 1 aromatic rings. The highest BCUT2D eigenvalue weighted by molar-refractivity contribution is 5.97. The third kappa shape index (κ3) is 2.95. The van der Waals surface area contributed by atoms with Gasteiger partial charge in [0.05, 0.1) is 6.54 Å². The van der Waals surface area contributed by atoms with Gasteiger partial charge >= 0.3 is 0 Å². The van der Waals surface area contributed by atoms with E-state index < -0.39 is 0 Å². The molecule has 1 aliphatic rings. The summed E-state index contributed by atoms with van der Waals surface area (Å²) in [4.78, 5) is 14.2. The Labute approximate surface area is 97.1 Å². The number of hydrogen-bond donors (Lipinski definition) is 0. The molecule has 3 heteroatoms. The molecule has 0 unspecified atom stereocenters. The van der Waals surface area contributed by atoms with Crippen LogP contribution in [0.4, 0.5) is 0 Å². The zero-order chi connectivity index (χ0) is 11.5. The second-order valence-corrected chi connectivity index (χ2v) is 4.76. The van der Waals surface area contributed by atoms with Gasteiger partial charge in [0.1, 0.15) is 0 Å². The van der Waals surface area contributed by atoms with Crippen LogP contribution in [0.1, 0.15) is 30.1 Å². The Kier molecular flexibility index (Phi) is 3.44. The molecular weight excluding hydrogens is 200 g/mol. The molecule has 0 amide bonds. The smallest absolute Gasteiger partial charge is 0.178 e. The molecule has 2 rings (SSSR count). The molecule has 0 atom stereocenters. The predicted octanol–water partition coefficient (Wildman–Crippen LogP) is 1.94. The fourth-order valence-electron chi connectivity index (χ4n) is 1.93. The Morgan fingerprint density at radius 2 is 2.31 bits per heavy atom. The quantitative estimate of drug-likeness (QED) is 0.685. The van der Waals surface area contributed by atoms with E-state index in [2.05, 4.69) is 11.8 Å². The van der Waals surface area contributed by atoms with E-state index in [4.69, 9.17) is 0 Å². The van der Waals surface area contributed by atoms with Gasteiger partial charge in [0.25, 0.3) is 0 Å². The van der Waals surface area contributed by atoms with Crippen LogP contribution in [-0.4, -0.2) is 34.9 Å². The topological polar surface area (TPSA) is 25.2 Å². The molecule has 16 heavy (non-hydrogen) atoms. The van der Waals surface area contributed by atoms with E-state index in [0.29, 0.717) is 6.54 Å². The molecule has 0 spiro atoms. The van der Waals surface area contributed by atoms with Crippen LogP contribution in [0.5, 0.6) is 0 Å². The number of Topliss-reactive ketones (excluding diaryl/α,β-unsaturated/α-hetero) is 1. The van der Waals surface area contributed by atoms with Crippen molar-refractivity contribution >= 4 is 5.78 Å². The van der Waals surface area contributed by atoms with Gasteiger partial charge in [-0.2, -0.15) is 0 Å². The molecule has 3 nitrogen and oxygen atoms in total. The van der Waals surface area contributed by atoms with Crippen molar-refractivity contribution in [1.29, 1.82) is 0 Å². The van der Waals surface area contributed by atoms with E-state index in [9.17, 15) is 4.79 Å². The summed E-state index contributed by atoms with van der Waals surface area (Å²) >= 11 is 0. The number of ketones is 1. The average Bonchev–Trinajstić information content (AvgIpc) is 2.97. The molecule has 88 valence electrons. The maximum Gasteiger partial charge on any atom is 0.178 e. The van der Waals surface area contributed by atoms with E-state index in [1.165, 1.54) is 12.8 Å². The maximum atomic E-state index is 12.0. The van der Waals surface area contributed by atoms with E-state index >= 15 is 0 Å². The summed E-state index contributed by atoms with van der Waals surface area (Å²) in [6.07, 6.45) is 6.50. The summed E-state index contributed by atoms with van der Waals surface area (Å²) in [5.74, 6) is 1.09. The minimum Gasteiger partial charge on any atom is -0.357 e. The molecule has 0 radical (unpaired) electrons. The third-order valence-corrected chi connectivity index (χ3v) is 3.18. The molecule has 0 aromatic carbocycles. The minimum absolute atomic E-state index is 0.239. The number of aromatic nitrogens is 1. The molecular formula is C13H20N2O. The van der Waals surface area contributed by atoms with Crippen molar-refractivity contribution in [3.05, 3.63) is 24.0 Å². The van der Waals surface area contributed by atoms with Crippen molar-refractivity contribution in [3.63, 3.8) is 0 Å². The fourth-order valence-corrected chi connectivity index (χ4v) is 1.93. The number of rotatable bonds is 6. The van der Waals surface area contributed by atoms with Crippen molar-refractivity contribution in [3.8, 4) is 0 Å². The first-order chi connectivity index (χ1) is 7.69. The van der Waals surface area contributed by atoms with Crippen LogP contribution >= 0.6 is 0 Å². The lowest BCUT2D eigenvalue weighted by Gasteiger charge is -2.18. The molecule has 1 aromatic heterocycles. The van der Waals surface area contributed by atoms with Crippen LogP contribution in [0.2, 0.25) is 0 Å². The average molecular weight is 220 g/mol.